The largest absolute Gasteiger partial charge is 0.497 e. The molecule has 106 valence electrons. The Hall–Kier alpha value is -1.58. The van der Waals surface area contributed by atoms with Crippen LogP contribution in [0, 0.1) is 10.1 Å². The fourth-order valence-electron chi connectivity index (χ4n) is 2.07. The van der Waals surface area contributed by atoms with Gasteiger partial charge in [-0.15, -0.1) is 0 Å². The zero-order valence-corrected chi connectivity index (χ0v) is 12.8. The predicted octanol–water partition coefficient (Wildman–Crippen LogP) is 4.20. The van der Waals surface area contributed by atoms with Crippen molar-refractivity contribution in [3.8, 4) is 5.75 Å². The third-order valence-electron chi connectivity index (χ3n) is 3.12. The van der Waals surface area contributed by atoms with E-state index < -0.39 is 0 Å². The maximum Gasteiger partial charge on any atom is 0.277 e. The van der Waals surface area contributed by atoms with Crippen molar-refractivity contribution >= 4 is 5.69 Å². The summed E-state index contributed by atoms with van der Waals surface area (Å²) in [5.74, 6) is 0.667. The molecule has 4 heteroatoms. The first-order valence-electron chi connectivity index (χ1n) is 6.36. The molecule has 0 saturated heterocycles. The van der Waals surface area contributed by atoms with Crippen molar-refractivity contribution in [1.82, 2.24) is 0 Å². The van der Waals surface area contributed by atoms with E-state index in [1.165, 1.54) is 0 Å². The smallest absolute Gasteiger partial charge is 0.277 e. The lowest BCUT2D eigenvalue weighted by atomic mass is 9.78. The van der Waals surface area contributed by atoms with Crippen LogP contribution in [-0.4, -0.2) is 12.0 Å². The van der Waals surface area contributed by atoms with Gasteiger partial charge in [-0.05, 0) is 23.0 Å². The summed E-state index contributed by atoms with van der Waals surface area (Å²) in [5, 5.41) is 11.5. The Morgan fingerprint density at radius 3 is 1.58 bits per heavy atom. The minimum atomic E-state index is -0.309. The SMILES string of the molecule is COc1cc(C(C)(C)C)c([N+](=O)[O-])c(C(C)(C)C)c1. The minimum absolute atomic E-state index is 0.209. The molecule has 1 rings (SSSR count). The van der Waals surface area contributed by atoms with Crippen LogP contribution in [0.25, 0.3) is 0 Å². The topological polar surface area (TPSA) is 52.4 Å². The van der Waals surface area contributed by atoms with Gasteiger partial charge in [0.2, 0.25) is 0 Å². The fourth-order valence-corrected chi connectivity index (χ4v) is 2.07. The molecule has 1 aromatic carbocycles. The van der Waals surface area contributed by atoms with Crippen molar-refractivity contribution < 1.29 is 9.66 Å². The molecule has 0 atom stereocenters. The number of nitro benzene ring substituents is 1. The molecule has 0 aliphatic carbocycles. The maximum atomic E-state index is 11.5. The first kappa shape index (κ1) is 15.5. The van der Waals surface area contributed by atoms with Crippen LogP contribution in [-0.2, 0) is 10.8 Å². The van der Waals surface area contributed by atoms with Crippen molar-refractivity contribution in [1.29, 1.82) is 0 Å². The normalized spacial score (nSPS) is 12.4. The van der Waals surface area contributed by atoms with Crippen LogP contribution in [0.4, 0.5) is 5.69 Å². The summed E-state index contributed by atoms with van der Waals surface area (Å²) in [6.45, 7) is 11.8. The van der Waals surface area contributed by atoms with Crippen molar-refractivity contribution in [2.45, 2.75) is 52.4 Å². The van der Waals surface area contributed by atoms with E-state index in [-0.39, 0.29) is 21.4 Å². The lowest BCUT2D eigenvalue weighted by Crippen LogP contribution is -2.20. The summed E-state index contributed by atoms with van der Waals surface area (Å²) in [5.41, 5.74) is 1.01. The molecular formula is C15H23NO3. The molecule has 0 radical (unpaired) electrons. The van der Waals surface area contributed by atoms with Crippen molar-refractivity contribution in [3.05, 3.63) is 33.4 Å². The highest BCUT2D eigenvalue weighted by molar-refractivity contribution is 5.57. The van der Waals surface area contributed by atoms with Gasteiger partial charge in [-0.3, -0.25) is 10.1 Å². The van der Waals surface area contributed by atoms with Gasteiger partial charge < -0.3 is 4.74 Å². The standard InChI is InChI=1S/C15H23NO3/c1-14(2,3)11-8-10(19-7)9-12(15(4,5)6)13(11)16(17)18/h8-9H,1-7H3. The van der Waals surface area contributed by atoms with Crippen molar-refractivity contribution in [2.75, 3.05) is 7.11 Å². The molecule has 1 aromatic rings. The van der Waals surface area contributed by atoms with Crippen LogP contribution in [0.5, 0.6) is 5.75 Å². The number of ether oxygens (including phenoxy) is 1. The Bertz CT molecular complexity index is 458. The molecule has 0 aromatic heterocycles. The quantitative estimate of drug-likeness (QED) is 0.595. The lowest BCUT2D eigenvalue weighted by molar-refractivity contribution is -0.387. The van der Waals surface area contributed by atoms with Crippen molar-refractivity contribution in [3.63, 3.8) is 0 Å². The molecule has 0 aliphatic heterocycles. The molecule has 0 spiro atoms. The Labute approximate surface area is 114 Å². The molecule has 19 heavy (non-hydrogen) atoms. The van der Waals surface area contributed by atoms with E-state index in [1.807, 2.05) is 41.5 Å². The number of nitrogens with zero attached hydrogens (tertiary/aromatic N) is 1. The Morgan fingerprint density at radius 1 is 1.00 bits per heavy atom. The van der Waals surface area contributed by atoms with E-state index in [9.17, 15) is 10.1 Å². The van der Waals surface area contributed by atoms with E-state index in [0.29, 0.717) is 16.9 Å². The molecule has 0 amide bonds. The van der Waals surface area contributed by atoms with Crippen molar-refractivity contribution in [2.24, 2.45) is 0 Å². The van der Waals surface area contributed by atoms with Gasteiger partial charge in [0.1, 0.15) is 5.75 Å². The van der Waals surface area contributed by atoms with Crippen LogP contribution in [0.1, 0.15) is 52.7 Å². The average molecular weight is 265 g/mol. The summed E-state index contributed by atoms with van der Waals surface area (Å²) in [4.78, 5) is 11.2. The zero-order chi connectivity index (χ0) is 15.0. The highest BCUT2D eigenvalue weighted by Crippen LogP contribution is 2.41. The second-order valence-electron chi connectivity index (χ2n) is 6.83. The third kappa shape index (κ3) is 3.25. The molecule has 0 aliphatic rings. The summed E-state index contributed by atoms with van der Waals surface area (Å²) in [7, 11) is 1.58. The van der Waals surface area contributed by atoms with E-state index >= 15 is 0 Å². The monoisotopic (exact) mass is 265 g/mol. The van der Waals surface area contributed by atoms with Crippen LogP contribution < -0.4 is 4.74 Å². The summed E-state index contributed by atoms with van der Waals surface area (Å²) in [6.07, 6.45) is 0. The van der Waals surface area contributed by atoms with Crippen LogP contribution in [0.2, 0.25) is 0 Å². The predicted molar refractivity (Wildman–Crippen MR) is 77.0 cm³/mol. The van der Waals surface area contributed by atoms with Crippen LogP contribution in [0.3, 0.4) is 0 Å². The Kier molecular flexibility index (Phi) is 3.94. The van der Waals surface area contributed by atoms with E-state index in [0.717, 1.165) is 0 Å². The molecule has 0 N–H and O–H groups in total. The maximum absolute atomic E-state index is 11.5. The first-order valence-corrected chi connectivity index (χ1v) is 6.36. The van der Waals surface area contributed by atoms with Gasteiger partial charge in [0.15, 0.2) is 0 Å². The van der Waals surface area contributed by atoms with E-state index in [2.05, 4.69) is 0 Å². The van der Waals surface area contributed by atoms with Gasteiger partial charge in [0.05, 0.1) is 12.0 Å². The summed E-state index contributed by atoms with van der Waals surface area (Å²) >= 11 is 0. The van der Waals surface area contributed by atoms with E-state index in [1.54, 1.807) is 19.2 Å². The van der Waals surface area contributed by atoms with Gasteiger partial charge in [-0.1, -0.05) is 41.5 Å². The fraction of sp³-hybridized carbons (Fsp3) is 0.600. The zero-order valence-electron chi connectivity index (χ0n) is 12.8. The highest BCUT2D eigenvalue weighted by Gasteiger charge is 2.33. The van der Waals surface area contributed by atoms with Gasteiger partial charge in [-0.2, -0.15) is 0 Å². The van der Waals surface area contributed by atoms with Gasteiger partial charge in [0.25, 0.3) is 5.69 Å². The number of hydrogen-bond donors (Lipinski definition) is 0. The Morgan fingerprint density at radius 2 is 1.37 bits per heavy atom. The van der Waals surface area contributed by atoms with E-state index in [4.69, 9.17) is 4.74 Å². The number of benzene rings is 1. The second kappa shape index (κ2) is 4.83. The number of methoxy groups -OCH3 is 1. The van der Waals surface area contributed by atoms with Crippen LogP contribution >= 0.6 is 0 Å². The minimum Gasteiger partial charge on any atom is -0.497 e. The molecule has 4 nitrogen and oxygen atoms in total. The number of rotatable bonds is 2. The van der Waals surface area contributed by atoms with Gasteiger partial charge >= 0.3 is 0 Å². The third-order valence-corrected chi connectivity index (χ3v) is 3.12. The lowest BCUT2D eigenvalue weighted by Gasteiger charge is -2.26. The second-order valence-corrected chi connectivity index (χ2v) is 6.83. The number of nitro groups is 1. The Balaban J connectivity index is 3.76. The molecule has 0 saturated carbocycles. The molecular weight excluding hydrogens is 242 g/mol. The van der Waals surface area contributed by atoms with Gasteiger partial charge in [-0.25, -0.2) is 0 Å². The average Bonchev–Trinajstić information content (AvgIpc) is 2.24. The summed E-state index contributed by atoms with van der Waals surface area (Å²) < 4.78 is 5.30. The van der Waals surface area contributed by atoms with Gasteiger partial charge in [0, 0.05) is 11.1 Å². The first-order chi connectivity index (χ1) is 8.48. The highest BCUT2D eigenvalue weighted by atomic mass is 16.6. The molecule has 0 unspecified atom stereocenters. The summed E-state index contributed by atoms with van der Waals surface area (Å²) in [6, 6.07) is 3.54. The number of hydrogen-bond acceptors (Lipinski definition) is 3. The molecule has 0 fully saturated rings. The van der Waals surface area contributed by atoms with Crippen LogP contribution in [0.15, 0.2) is 12.1 Å². The molecule has 0 bridgehead atoms. The molecule has 0 heterocycles.